The van der Waals surface area contributed by atoms with E-state index in [2.05, 4.69) is 30.0 Å². The Kier molecular flexibility index (Phi) is 6.39. The van der Waals surface area contributed by atoms with E-state index in [0.717, 1.165) is 13.0 Å². The van der Waals surface area contributed by atoms with Crippen molar-refractivity contribution in [2.45, 2.75) is 6.42 Å². The molecule has 0 aromatic heterocycles. The molecule has 0 fully saturated rings. The fourth-order valence-corrected chi connectivity index (χ4v) is 0.849. The monoisotopic (exact) mass is 221 g/mol. The largest absolute Gasteiger partial charge is 0.357 e. The van der Waals surface area contributed by atoms with Gasteiger partial charge in [0.15, 0.2) is 0 Å². The van der Waals surface area contributed by atoms with E-state index in [4.69, 9.17) is 18.6 Å². The first kappa shape index (κ1) is 13.3. The SMILES string of the molecule is [NH3+]CCc1ccccc1.[O-][Cl+3]([O-])([O-])[O-]. The highest BCUT2D eigenvalue weighted by atomic mass is 35.7. The molecule has 14 heavy (non-hydrogen) atoms. The summed E-state index contributed by atoms with van der Waals surface area (Å²) in [5.74, 6) is 0. The summed E-state index contributed by atoms with van der Waals surface area (Å²) >= 11 is 0. The Balaban J connectivity index is 0.000000292. The van der Waals surface area contributed by atoms with E-state index >= 15 is 0 Å². The van der Waals surface area contributed by atoms with Crippen molar-refractivity contribution in [2.24, 2.45) is 0 Å². The van der Waals surface area contributed by atoms with Gasteiger partial charge in [-0.3, -0.25) is 0 Å². The molecule has 1 aromatic rings. The van der Waals surface area contributed by atoms with E-state index in [9.17, 15) is 0 Å². The van der Waals surface area contributed by atoms with Crippen molar-refractivity contribution in [3.05, 3.63) is 35.9 Å². The molecule has 5 nitrogen and oxygen atoms in total. The second-order valence-electron chi connectivity index (χ2n) is 2.47. The van der Waals surface area contributed by atoms with E-state index < -0.39 is 10.2 Å². The van der Waals surface area contributed by atoms with Crippen LogP contribution < -0.4 is 24.4 Å². The van der Waals surface area contributed by atoms with Crippen molar-refractivity contribution in [2.75, 3.05) is 6.54 Å². The van der Waals surface area contributed by atoms with Crippen LogP contribution in [0, 0.1) is 10.2 Å². The lowest BCUT2D eigenvalue weighted by atomic mass is 10.2. The molecule has 0 atom stereocenters. The van der Waals surface area contributed by atoms with Crippen molar-refractivity contribution in [3.63, 3.8) is 0 Å². The van der Waals surface area contributed by atoms with Crippen LogP contribution in [-0.4, -0.2) is 6.54 Å². The summed E-state index contributed by atoms with van der Waals surface area (Å²) in [5.41, 5.74) is 5.16. The van der Waals surface area contributed by atoms with Crippen LogP contribution in [0.15, 0.2) is 30.3 Å². The molecule has 0 saturated heterocycles. The van der Waals surface area contributed by atoms with Crippen LogP contribution in [0.25, 0.3) is 0 Å². The molecule has 0 saturated carbocycles. The fourth-order valence-electron chi connectivity index (χ4n) is 0.849. The highest BCUT2D eigenvalue weighted by Crippen LogP contribution is 1.96. The number of quaternary nitrogens is 1. The Morgan fingerprint density at radius 1 is 1.00 bits per heavy atom. The molecule has 0 bridgehead atoms. The van der Waals surface area contributed by atoms with Crippen molar-refractivity contribution in [1.29, 1.82) is 0 Å². The molecular formula is C8H12ClNO4. The maximum absolute atomic E-state index is 8.49. The summed E-state index contributed by atoms with van der Waals surface area (Å²) < 4.78 is 34.0. The second-order valence-corrected chi connectivity index (χ2v) is 3.22. The van der Waals surface area contributed by atoms with E-state index in [1.165, 1.54) is 5.56 Å². The molecule has 0 unspecified atom stereocenters. The maximum Gasteiger partial charge on any atom is 0.0780 e. The second kappa shape index (κ2) is 6.72. The number of hydrogen-bond acceptors (Lipinski definition) is 4. The number of halogens is 1. The van der Waals surface area contributed by atoms with Crippen LogP contribution in [0.5, 0.6) is 0 Å². The predicted molar refractivity (Wildman–Crippen MR) is 37.9 cm³/mol. The lowest BCUT2D eigenvalue weighted by molar-refractivity contribution is -2.00. The van der Waals surface area contributed by atoms with E-state index in [-0.39, 0.29) is 0 Å². The Bertz CT molecular complexity index is 231. The third-order valence-electron chi connectivity index (χ3n) is 1.31. The molecular weight excluding hydrogens is 210 g/mol. The van der Waals surface area contributed by atoms with Crippen LogP contribution in [0.2, 0.25) is 0 Å². The smallest absolute Gasteiger partial charge is 0.0780 e. The topological polar surface area (TPSA) is 120 Å². The minimum absolute atomic E-state index is 0.990. The average molecular weight is 222 g/mol. The molecule has 0 heterocycles. The molecule has 1 rings (SSSR count). The number of rotatable bonds is 2. The lowest BCUT2D eigenvalue weighted by Gasteiger charge is -2.17. The van der Waals surface area contributed by atoms with Gasteiger partial charge in [-0.1, -0.05) is 30.3 Å². The Morgan fingerprint density at radius 3 is 1.79 bits per heavy atom. The van der Waals surface area contributed by atoms with Crippen molar-refractivity contribution in [3.8, 4) is 0 Å². The maximum atomic E-state index is 8.49. The Hall–Kier alpha value is -0.690. The van der Waals surface area contributed by atoms with Crippen LogP contribution in [0.3, 0.4) is 0 Å². The summed E-state index contributed by atoms with van der Waals surface area (Å²) in [7, 11) is -4.94. The van der Waals surface area contributed by atoms with Gasteiger partial charge in [-0.05, 0) is 5.56 Å². The molecule has 0 aliphatic rings. The minimum atomic E-state index is -4.94. The van der Waals surface area contributed by atoms with Crippen molar-refractivity contribution in [1.82, 2.24) is 0 Å². The standard InChI is InChI=1S/C8H11N.ClHO4/c9-7-6-8-4-2-1-3-5-8;2-1(3,4)5/h1-5H,6-7,9H2;(H,2,3,4,5). The zero-order chi connectivity index (χ0) is 11.0. The van der Waals surface area contributed by atoms with Crippen LogP contribution in [0.4, 0.5) is 0 Å². The molecule has 1 aromatic carbocycles. The lowest BCUT2D eigenvalue weighted by Crippen LogP contribution is -2.68. The summed E-state index contributed by atoms with van der Waals surface area (Å²) in [6.45, 7) is 0.990. The highest BCUT2D eigenvalue weighted by Gasteiger charge is 1.86. The van der Waals surface area contributed by atoms with Gasteiger partial charge in [0.25, 0.3) is 0 Å². The van der Waals surface area contributed by atoms with Crippen molar-refractivity contribution >= 4 is 0 Å². The summed E-state index contributed by atoms with van der Waals surface area (Å²) in [5, 5.41) is 0. The zero-order valence-electron chi connectivity index (χ0n) is 7.52. The normalized spacial score (nSPS) is 10.4. The quantitative estimate of drug-likeness (QED) is 0.543. The molecule has 3 N–H and O–H groups in total. The minimum Gasteiger partial charge on any atom is -0.357 e. The van der Waals surface area contributed by atoms with Gasteiger partial charge >= 0.3 is 0 Å². The molecule has 80 valence electrons. The highest BCUT2D eigenvalue weighted by molar-refractivity contribution is 5.14. The molecule has 6 heteroatoms. The van der Waals surface area contributed by atoms with Crippen LogP contribution in [0.1, 0.15) is 5.56 Å². The van der Waals surface area contributed by atoms with Crippen LogP contribution >= 0.6 is 0 Å². The Labute approximate surface area is 84.1 Å². The molecule has 0 radical (unpaired) electrons. The van der Waals surface area contributed by atoms with Gasteiger partial charge in [0.1, 0.15) is 0 Å². The predicted octanol–water partition coefficient (Wildman–Crippen LogP) is -4.28. The van der Waals surface area contributed by atoms with Gasteiger partial charge in [-0.25, -0.2) is 18.6 Å². The molecule has 0 aliphatic carbocycles. The van der Waals surface area contributed by atoms with E-state index in [1.807, 2.05) is 6.07 Å². The summed E-state index contributed by atoms with van der Waals surface area (Å²) in [4.78, 5) is 0. The summed E-state index contributed by atoms with van der Waals surface area (Å²) in [6, 6.07) is 10.4. The molecule has 0 aliphatic heterocycles. The van der Waals surface area contributed by atoms with Gasteiger partial charge in [0.2, 0.25) is 0 Å². The van der Waals surface area contributed by atoms with Crippen LogP contribution in [-0.2, 0) is 6.42 Å². The van der Waals surface area contributed by atoms with Gasteiger partial charge in [0, 0.05) is 6.42 Å². The first-order valence-electron chi connectivity index (χ1n) is 3.88. The fraction of sp³-hybridized carbons (Fsp3) is 0.250. The van der Waals surface area contributed by atoms with Gasteiger partial charge < -0.3 is 5.73 Å². The number of hydrogen-bond donors (Lipinski definition) is 1. The first-order valence-corrected chi connectivity index (χ1v) is 5.12. The van der Waals surface area contributed by atoms with E-state index in [0.29, 0.717) is 0 Å². The molecule has 0 amide bonds. The van der Waals surface area contributed by atoms with Gasteiger partial charge in [-0.2, -0.15) is 0 Å². The Morgan fingerprint density at radius 2 is 1.43 bits per heavy atom. The van der Waals surface area contributed by atoms with Gasteiger partial charge in [0.05, 0.1) is 6.54 Å². The summed E-state index contributed by atoms with van der Waals surface area (Å²) in [6.07, 6.45) is 1.10. The third kappa shape index (κ3) is 11.3. The zero-order valence-corrected chi connectivity index (χ0v) is 8.27. The third-order valence-corrected chi connectivity index (χ3v) is 1.31. The first-order chi connectivity index (χ1) is 6.43. The average Bonchev–Trinajstić information content (AvgIpc) is 2.03. The van der Waals surface area contributed by atoms with E-state index in [1.54, 1.807) is 0 Å². The number of benzene rings is 1. The van der Waals surface area contributed by atoms with Crippen molar-refractivity contribution < 1.29 is 34.6 Å². The van der Waals surface area contributed by atoms with Gasteiger partial charge in [-0.15, -0.1) is 10.2 Å². The molecule has 0 spiro atoms.